The Morgan fingerprint density at radius 2 is 1.61 bits per heavy atom. The van der Waals surface area contributed by atoms with Gasteiger partial charge >= 0.3 is 5.97 Å². The molecule has 0 N–H and O–H groups in total. The molecule has 0 amide bonds. The van der Waals surface area contributed by atoms with Crippen LogP contribution in [0, 0.1) is 0 Å². The lowest BCUT2D eigenvalue weighted by Gasteiger charge is -2.47. The molecule has 5 heteroatoms. The molecule has 2 aromatic carbocycles. The minimum absolute atomic E-state index is 0.500. The summed E-state index contributed by atoms with van der Waals surface area (Å²) in [4.78, 5) is 12.5. The second kappa shape index (κ2) is 5.60. The highest BCUT2D eigenvalue weighted by Gasteiger charge is 2.57. The third-order valence-corrected chi connectivity index (χ3v) is 4.56. The first-order valence-electron chi connectivity index (χ1n) is 7.43. The minimum atomic E-state index is -1.32. The Labute approximate surface area is 135 Å². The highest BCUT2D eigenvalue weighted by Crippen LogP contribution is 2.43. The molecule has 1 fully saturated rings. The summed E-state index contributed by atoms with van der Waals surface area (Å²) in [6.07, 6.45) is -0.880. The van der Waals surface area contributed by atoms with Gasteiger partial charge in [-0.2, -0.15) is 0 Å². The van der Waals surface area contributed by atoms with E-state index < -0.39 is 23.6 Å². The summed E-state index contributed by atoms with van der Waals surface area (Å²) >= 11 is 0. The molecule has 0 aliphatic carbocycles. The van der Waals surface area contributed by atoms with E-state index in [2.05, 4.69) is 0 Å². The van der Waals surface area contributed by atoms with Crippen LogP contribution in [0.25, 0.3) is 10.8 Å². The van der Waals surface area contributed by atoms with Crippen molar-refractivity contribution in [1.29, 1.82) is 0 Å². The number of cyclic esters (lactones) is 1. The minimum Gasteiger partial charge on any atom is -0.425 e. The molecule has 3 unspecified atom stereocenters. The summed E-state index contributed by atoms with van der Waals surface area (Å²) in [5, 5.41) is 1.97. The number of esters is 1. The lowest BCUT2D eigenvalue weighted by atomic mass is 9.98. The van der Waals surface area contributed by atoms with Crippen molar-refractivity contribution in [2.24, 2.45) is 0 Å². The third kappa shape index (κ3) is 2.41. The van der Waals surface area contributed by atoms with Crippen LogP contribution in [-0.4, -0.2) is 31.8 Å². The zero-order valence-corrected chi connectivity index (χ0v) is 13.7. The van der Waals surface area contributed by atoms with Gasteiger partial charge in [-0.05, 0) is 23.3 Å². The van der Waals surface area contributed by atoms with Crippen LogP contribution in [0.2, 0.25) is 0 Å². The van der Waals surface area contributed by atoms with E-state index in [0.717, 1.165) is 16.3 Å². The zero-order chi connectivity index (χ0) is 16.7. The standard InChI is InChI=1S/C18H20O5/c1-17(20-3)18(2,21-4)23-16(19)15(22-17)14-11-7-9-12-8-5-6-10-13(12)14/h5-11,15H,1-4H3. The largest absolute Gasteiger partial charge is 0.425 e. The number of hydrogen-bond donors (Lipinski definition) is 0. The number of fused-ring (bicyclic) bond motifs is 1. The second-order valence-corrected chi connectivity index (χ2v) is 5.79. The van der Waals surface area contributed by atoms with E-state index in [-0.39, 0.29) is 0 Å². The fraction of sp³-hybridized carbons (Fsp3) is 0.389. The lowest BCUT2D eigenvalue weighted by Crippen LogP contribution is -2.62. The maximum Gasteiger partial charge on any atom is 0.342 e. The monoisotopic (exact) mass is 316 g/mol. The zero-order valence-electron chi connectivity index (χ0n) is 13.7. The molecule has 3 atom stereocenters. The number of methoxy groups -OCH3 is 2. The summed E-state index contributed by atoms with van der Waals surface area (Å²) in [5.41, 5.74) is 0.745. The molecule has 122 valence electrons. The van der Waals surface area contributed by atoms with Gasteiger partial charge in [-0.15, -0.1) is 0 Å². The second-order valence-electron chi connectivity index (χ2n) is 5.79. The normalized spacial score (nSPS) is 31.1. The molecule has 0 radical (unpaired) electrons. The maximum absolute atomic E-state index is 12.5. The summed E-state index contributed by atoms with van der Waals surface area (Å²) < 4.78 is 22.4. The van der Waals surface area contributed by atoms with Gasteiger partial charge < -0.3 is 18.9 Å². The van der Waals surface area contributed by atoms with Crippen molar-refractivity contribution >= 4 is 16.7 Å². The predicted octanol–water partition coefficient (Wildman–Crippen LogP) is 3.18. The number of ether oxygens (including phenoxy) is 4. The van der Waals surface area contributed by atoms with Gasteiger partial charge in [0.1, 0.15) is 0 Å². The number of carbonyl (C=O) groups is 1. The van der Waals surface area contributed by atoms with E-state index in [4.69, 9.17) is 18.9 Å². The molecule has 5 nitrogen and oxygen atoms in total. The third-order valence-electron chi connectivity index (χ3n) is 4.56. The van der Waals surface area contributed by atoms with Crippen LogP contribution in [0.5, 0.6) is 0 Å². The number of carbonyl (C=O) groups excluding carboxylic acids is 1. The van der Waals surface area contributed by atoms with Crippen molar-refractivity contribution < 1.29 is 23.7 Å². The van der Waals surface area contributed by atoms with Crippen LogP contribution in [-0.2, 0) is 23.7 Å². The predicted molar refractivity (Wildman–Crippen MR) is 84.7 cm³/mol. The van der Waals surface area contributed by atoms with Crippen LogP contribution in [0.4, 0.5) is 0 Å². The lowest BCUT2D eigenvalue weighted by molar-refractivity contribution is -0.407. The van der Waals surface area contributed by atoms with E-state index in [9.17, 15) is 4.79 Å². The molecule has 1 aliphatic heterocycles. The Morgan fingerprint density at radius 3 is 2.30 bits per heavy atom. The number of rotatable bonds is 3. The van der Waals surface area contributed by atoms with Gasteiger partial charge in [0, 0.05) is 21.1 Å². The van der Waals surface area contributed by atoms with E-state index in [0.29, 0.717) is 0 Å². The summed E-state index contributed by atoms with van der Waals surface area (Å²) in [6, 6.07) is 13.6. The Kier molecular flexibility index (Phi) is 3.88. The average Bonchev–Trinajstić information content (AvgIpc) is 2.58. The molecule has 0 spiro atoms. The first-order chi connectivity index (χ1) is 10.9. The van der Waals surface area contributed by atoms with Crippen LogP contribution in [0.1, 0.15) is 25.5 Å². The molecular weight excluding hydrogens is 296 g/mol. The van der Waals surface area contributed by atoms with Gasteiger partial charge in [-0.1, -0.05) is 42.5 Å². The average molecular weight is 316 g/mol. The van der Waals surface area contributed by atoms with Crippen molar-refractivity contribution in [2.45, 2.75) is 31.5 Å². The highest BCUT2D eigenvalue weighted by molar-refractivity contribution is 5.90. The fourth-order valence-electron chi connectivity index (χ4n) is 2.85. The van der Waals surface area contributed by atoms with Gasteiger partial charge in [-0.25, -0.2) is 4.79 Å². The van der Waals surface area contributed by atoms with Gasteiger partial charge in [-0.3, -0.25) is 0 Å². The first kappa shape index (κ1) is 15.9. The number of hydrogen-bond acceptors (Lipinski definition) is 5. The van der Waals surface area contributed by atoms with Crippen LogP contribution in [0.15, 0.2) is 42.5 Å². The van der Waals surface area contributed by atoms with Gasteiger partial charge in [0.15, 0.2) is 6.10 Å². The van der Waals surface area contributed by atoms with Gasteiger partial charge in [0.25, 0.3) is 5.79 Å². The summed E-state index contributed by atoms with van der Waals surface area (Å²) in [6.45, 7) is 3.31. The van der Waals surface area contributed by atoms with E-state index >= 15 is 0 Å². The van der Waals surface area contributed by atoms with Crippen LogP contribution < -0.4 is 0 Å². The smallest absolute Gasteiger partial charge is 0.342 e. The number of benzene rings is 2. The van der Waals surface area contributed by atoms with Crippen molar-refractivity contribution in [2.75, 3.05) is 14.2 Å². The Morgan fingerprint density at radius 1 is 0.957 bits per heavy atom. The van der Waals surface area contributed by atoms with E-state index in [1.54, 1.807) is 13.8 Å². The van der Waals surface area contributed by atoms with E-state index in [1.807, 2.05) is 42.5 Å². The molecule has 1 aliphatic rings. The summed E-state index contributed by atoms with van der Waals surface area (Å²) in [7, 11) is 2.95. The molecular formula is C18H20O5. The van der Waals surface area contributed by atoms with E-state index in [1.165, 1.54) is 14.2 Å². The topological polar surface area (TPSA) is 54.0 Å². The van der Waals surface area contributed by atoms with Gasteiger partial charge in [0.05, 0.1) is 0 Å². The quantitative estimate of drug-likeness (QED) is 0.814. The molecule has 0 aromatic heterocycles. The maximum atomic E-state index is 12.5. The first-order valence-corrected chi connectivity index (χ1v) is 7.43. The van der Waals surface area contributed by atoms with Gasteiger partial charge in [0.2, 0.25) is 5.79 Å². The van der Waals surface area contributed by atoms with Crippen LogP contribution >= 0.6 is 0 Å². The van der Waals surface area contributed by atoms with Crippen molar-refractivity contribution in [3.63, 3.8) is 0 Å². The fourth-order valence-corrected chi connectivity index (χ4v) is 2.85. The Hall–Kier alpha value is -1.95. The molecule has 1 heterocycles. The Balaban J connectivity index is 2.08. The van der Waals surface area contributed by atoms with Crippen molar-refractivity contribution in [3.05, 3.63) is 48.0 Å². The molecule has 23 heavy (non-hydrogen) atoms. The SMILES string of the molecule is COC1(C)OC(=O)C(c2cccc3ccccc23)OC1(C)OC. The highest BCUT2D eigenvalue weighted by atomic mass is 16.8. The van der Waals surface area contributed by atoms with Crippen molar-refractivity contribution in [3.8, 4) is 0 Å². The summed E-state index contributed by atoms with van der Waals surface area (Å²) in [5.74, 6) is -3.04. The Bertz CT molecular complexity index is 738. The molecule has 2 aromatic rings. The molecule has 3 rings (SSSR count). The van der Waals surface area contributed by atoms with Crippen LogP contribution in [0.3, 0.4) is 0 Å². The molecule has 0 saturated carbocycles. The molecule has 0 bridgehead atoms. The van der Waals surface area contributed by atoms with Crippen molar-refractivity contribution in [1.82, 2.24) is 0 Å². The molecule has 1 saturated heterocycles.